The molecule has 0 unspecified atom stereocenters. The van der Waals surface area contributed by atoms with Crippen LogP contribution < -0.4 is 5.73 Å². The molecule has 1 saturated carbocycles. The van der Waals surface area contributed by atoms with Crippen molar-refractivity contribution in [2.45, 2.75) is 32.6 Å². The number of nitrogens with zero attached hydrogens (tertiary/aromatic N) is 1. The van der Waals surface area contributed by atoms with Crippen LogP contribution in [0.5, 0.6) is 0 Å². The monoisotopic (exact) mass is 140 g/mol. The zero-order valence-electron chi connectivity index (χ0n) is 6.64. The van der Waals surface area contributed by atoms with Crippen molar-refractivity contribution in [3.8, 4) is 0 Å². The quantitative estimate of drug-likeness (QED) is 0.469. The van der Waals surface area contributed by atoms with Crippen molar-refractivity contribution >= 4 is 5.84 Å². The zero-order valence-corrected chi connectivity index (χ0v) is 6.64. The molecular weight excluding hydrogens is 124 g/mol. The highest BCUT2D eigenvalue weighted by atomic mass is 14.8. The topological polar surface area (TPSA) is 38.4 Å². The van der Waals surface area contributed by atoms with Crippen LogP contribution in [0.2, 0.25) is 0 Å². The van der Waals surface area contributed by atoms with Gasteiger partial charge in [-0.2, -0.15) is 0 Å². The Hall–Kier alpha value is -0.530. The molecule has 0 saturated heterocycles. The molecule has 0 bridgehead atoms. The molecule has 0 aromatic heterocycles. The smallest absolute Gasteiger partial charge is 0.0905 e. The summed E-state index contributed by atoms with van der Waals surface area (Å²) in [4.78, 5) is 4.14. The van der Waals surface area contributed by atoms with Crippen LogP contribution in [-0.2, 0) is 0 Å². The molecule has 2 nitrogen and oxygen atoms in total. The second-order valence-electron chi connectivity index (χ2n) is 3.11. The maximum atomic E-state index is 5.39. The number of amidine groups is 1. The molecule has 58 valence electrons. The van der Waals surface area contributed by atoms with Gasteiger partial charge in [-0.25, -0.2) is 0 Å². The Balaban J connectivity index is 1.99. The highest BCUT2D eigenvalue weighted by Gasteiger charge is 2.15. The normalized spacial score (nSPS) is 20.7. The predicted molar refractivity (Wildman–Crippen MR) is 44.1 cm³/mol. The van der Waals surface area contributed by atoms with Crippen LogP contribution in [0.15, 0.2) is 4.99 Å². The highest BCUT2D eigenvalue weighted by Crippen LogP contribution is 2.28. The molecule has 10 heavy (non-hydrogen) atoms. The Bertz CT molecular complexity index is 121. The first-order valence-corrected chi connectivity index (χ1v) is 4.05. The van der Waals surface area contributed by atoms with Crippen molar-refractivity contribution in [3.63, 3.8) is 0 Å². The average molecular weight is 140 g/mol. The first kappa shape index (κ1) is 7.58. The lowest BCUT2D eigenvalue weighted by molar-refractivity contribution is 0.300. The molecule has 0 aromatic rings. The third-order valence-corrected chi connectivity index (χ3v) is 2.12. The standard InChI is InChI=1S/C8H16N2/c1-7(9)10-6-5-8-3-2-4-8/h8H,2-6H2,1H3,(H2,9,10). The van der Waals surface area contributed by atoms with Gasteiger partial charge in [-0.15, -0.1) is 0 Å². The molecule has 0 heterocycles. The third kappa shape index (κ3) is 2.38. The van der Waals surface area contributed by atoms with Crippen molar-refractivity contribution in [2.24, 2.45) is 16.6 Å². The number of hydrogen-bond donors (Lipinski definition) is 1. The van der Waals surface area contributed by atoms with Crippen LogP contribution in [0.25, 0.3) is 0 Å². The summed E-state index contributed by atoms with van der Waals surface area (Å²) >= 11 is 0. The molecule has 1 fully saturated rings. The molecule has 0 aromatic carbocycles. The molecular formula is C8H16N2. The van der Waals surface area contributed by atoms with Gasteiger partial charge in [0.05, 0.1) is 5.84 Å². The molecule has 2 N–H and O–H groups in total. The van der Waals surface area contributed by atoms with E-state index in [-0.39, 0.29) is 0 Å². The van der Waals surface area contributed by atoms with Crippen LogP contribution in [-0.4, -0.2) is 12.4 Å². The summed E-state index contributed by atoms with van der Waals surface area (Å²) in [6.45, 7) is 2.79. The van der Waals surface area contributed by atoms with Gasteiger partial charge in [0.2, 0.25) is 0 Å². The second-order valence-corrected chi connectivity index (χ2v) is 3.11. The van der Waals surface area contributed by atoms with Crippen LogP contribution in [0.1, 0.15) is 32.6 Å². The first-order chi connectivity index (χ1) is 4.79. The van der Waals surface area contributed by atoms with E-state index in [9.17, 15) is 0 Å². The van der Waals surface area contributed by atoms with Crippen LogP contribution in [0, 0.1) is 5.92 Å². The fourth-order valence-electron chi connectivity index (χ4n) is 1.20. The van der Waals surface area contributed by atoms with Gasteiger partial charge in [0.15, 0.2) is 0 Å². The first-order valence-electron chi connectivity index (χ1n) is 4.05. The summed E-state index contributed by atoms with van der Waals surface area (Å²) in [5.74, 6) is 1.68. The minimum Gasteiger partial charge on any atom is -0.388 e. The summed E-state index contributed by atoms with van der Waals surface area (Å²) in [7, 11) is 0. The van der Waals surface area contributed by atoms with Gasteiger partial charge in [0, 0.05) is 6.54 Å². The van der Waals surface area contributed by atoms with Crippen LogP contribution in [0.3, 0.4) is 0 Å². The largest absolute Gasteiger partial charge is 0.388 e. The SMILES string of the molecule is CC(N)=NCCC1CCC1. The van der Waals surface area contributed by atoms with E-state index in [4.69, 9.17) is 5.73 Å². The molecule has 0 aliphatic heterocycles. The molecule has 0 radical (unpaired) electrons. The van der Waals surface area contributed by atoms with Crippen LogP contribution in [0.4, 0.5) is 0 Å². The molecule has 1 aliphatic carbocycles. The molecule has 1 rings (SSSR count). The summed E-state index contributed by atoms with van der Waals surface area (Å²) < 4.78 is 0. The Morgan fingerprint density at radius 2 is 2.30 bits per heavy atom. The van der Waals surface area contributed by atoms with Gasteiger partial charge < -0.3 is 5.73 Å². The minimum atomic E-state index is 0.722. The van der Waals surface area contributed by atoms with Crippen molar-refractivity contribution in [3.05, 3.63) is 0 Å². The Labute approximate surface area is 62.5 Å². The summed E-state index contributed by atoms with van der Waals surface area (Å²) in [5.41, 5.74) is 5.39. The summed E-state index contributed by atoms with van der Waals surface area (Å²) in [6, 6.07) is 0. The Kier molecular flexibility index (Phi) is 2.72. The van der Waals surface area contributed by atoms with E-state index in [1.165, 1.54) is 25.7 Å². The fourth-order valence-corrected chi connectivity index (χ4v) is 1.20. The maximum absolute atomic E-state index is 5.39. The van der Waals surface area contributed by atoms with Gasteiger partial charge in [0.1, 0.15) is 0 Å². The molecule has 0 amide bonds. The summed E-state index contributed by atoms with van der Waals surface area (Å²) in [6.07, 6.45) is 5.50. The lowest BCUT2D eigenvalue weighted by Gasteiger charge is -2.24. The van der Waals surface area contributed by atoms with E-state index in [1.54, 1.807) is 0 Å². The van der Waals surface area contributed by atoms with Crippen molar-refractivity contribution in [1.82, 2.24) is 0 Å². The van der Waals surface area contributed by atoms with Gasteiger partial charge in [-0.3, -0.25) is 4.99 Å². The zero-order chi connectivity index (χ0) is 7.40. The van der Waals surface area contributed by atoms with Gasteiger partial charge in [-0.05, 0) is 19.3 Å². The van der Waals surface area contributed by atoms with Gasteiger partial charge in [-0.1, -0.05) is 19.3 Å². The Morgan fingerprint density at radius 3 is 2.70 bits per heavy atom. The van der Waals surface area contributed by atoms with Crippen molar-refractivity contribution in [2.75, 3.05) is 6.54 Å². The van der Waals surface area contributed by atoms with E-state index < -0.39 is 0 Å². The van der Waals surface area contributed by atoms with Crippen LogP contribution >= 0.6 is 0 Å². The van der Waals surface area contributed by atoms with Crippen molar-refractivity contribution in [1.29, 1.82) is 0 Å². The molecule has 0 atom stereocenters. The van der Waals surface area contributed by atoms with Gasteiger partial charge in [0.25, 0.3) is 0 Å². The van der Waals surface area contributed by atoms with E-state index >= 15 is 0 Å². The average Bonchev–Trinajstić information content (AvgIpc) is 1.75. The predicted octanol–water partition coefficient (Wildman–Crippen LogP) is 1.55. The molecule has 1 aliphatic rings. The number of rotatable bonds is 3. The van der Waals surface area contributed by atoms with Gasteiger partial charge >= 0.3 is 0 Å². The lowest BCUT2D eigenvalue weighted by atomic mass is 9.83. The van der Waals surface area contributed by atoms with E-state index in [1.807, 2.05) is 6.92 Å². The molecule has 2 heteroatoms. The van der Waals surface area contributed by atoms with E-state index in [0.29, 0.717) is 0 Å². The number of aliphatic imine (C=N–C) groups is 1. The fraction of sp³-hybridized carbons (Fsp3) is 0.875. The third-order valence-electron chi connectivity index (χ3n) is 2.12. The number of nitrogens with two attached hydrogens (primary N) is 1. The van der Waals surface area contributed by atoms with E-state index in [2.05, 4.69) is 4.99 Å². The maximum Gasteiger partial charge on any atom is 0.0905 e. The highest BCUT2D eigenvalue weighted by molar-refractivity contribution is 5.77. The Morgan fingerprint density at radius 1 is 1.60 bits per heavy atom. The second kappa shape index (κ2) is 3.59. The molecule has 0 spiro atoms. The minimum absolute atomic E-state index is 0.722. The number of hydrogen-bond acceptors (Lipinski definition) is 1. The van der Waals surface area contributed by atoms with E-state index in [0.717, 1.165) is 18.3 Å². The lowest BCUT2D eigenvalue weighted by Crippen LogP contribution is -2.13. The summed E-state index contributed by atoms with van der Waals surface area (Å²) in [5, 5.41) is 0. The van der Waals surface area contributed by atoms with Crippen molar-refractivity contribution < 1.29 is 0 Å².